The average Bonchev–Trinajstić information content (AvgIpc) is 3.18. The molecule has 0 saturated carbocycles. The normalized spacial score (nSPS) is 10.6. The van der Waals surface area contributed by atoms with Gasteiger partial charge in [0.15, 0.2) is 0 Å². The van der Waals surface area contributed by atoms with Gasteiger partial charge < -0.3 is 14.3 Å². The molecule has 2 aromatic heterocycles. The molecule has 3 rings (SSSR count). The van der Waals surface area contributed by atoms with Crippen LogP contribution < -0.4 is 5.32 Å². The van der Waals surface area contributed by atoms with E-state index in [1.54, 1.807) is 12.3 Å². The van der Waals surface area contributed by atoms with Crippen molar-refractivity contribution in [3.63, 3.8) is 0 Å². The van der Waals surface area contributed by atoms with Crippen molar-refractivity contribution in [3.05, 3.63) is 77.8 Å². The van der Waals surface area contributed by atoms with Crippen molar-refractivity contribution in [2.45, 2.75) is 20.0 Å². The van der Waals surface area contributed by atoms with Gasteiger partial charge in [0.25, 0.3) is 5.91 Å². The van der Waals surface area contributed by atoms with Crippen molar-refractivity contribution in [1.82, 2.24) is 14.9 Å². The van der Waals surface area contributed by atoms with Gasteiger partial charge >= 0.3 is 0 Å². The van der Waals surface area contributed by atoms with Gasteiger partial charge in [0, 0.05) is 25.5 Å². The number of nitrogens with one attached hydrogen (secondary N) is 1. The number of carbonyl (C=O) groups is 1. The third kappa shape index (κ3) is 3.25. The average molecular weight is 295 g/mol. The van der Waals surface area contributed by atoms with Gasteiger partial charge in [-0.2, -0.15) is 0 Å². The van der Waals surface area contributed by atoms with Crippen LogP contribution in [-0.4, -0.2) is 15.5 Å². The van der Waals surface area contributed by atoms with E-state index in [-0.39, 0.29) is 5.91 Å². The Kier molecular flexibility index (Phi) is 4.05. The molecule has 22 heavy (non-hydrogen) atoms. The molecule has 0 aliphatic rings. The lowest BCUT2D eigenvalue weighted by atomic mass is 10.1. The summed E-state index contributed by atoms with van der Waals surface area (Å²) in [6.07, 6.45) is 6.68. The predicted molar refractivity (Wildman–Crippen MR) is 82.4 cm³/mol. The second-order valence-electron chi connectivity index (χ2n) is 5.12. The van der Waals surface area contributed by atoms with Crippen molar-refractivity contribution in [3.8, 4) is 0 Å². The molecular formula is C17H17N3O2. The minimum atomic E-state index is -0.135. The third-order valence-corrected chi connectivity index (χ3v) is 3.50. The van der Waals surface area contributed by atoms with Crippen LogP contribution >= 0.6 is 0 Å². The van der Waals surface area contributed by atoms with E-state index in [1.807, 2.05) is 25.3 Å². The number of imidazole rings is 1. The molecule has 0 fully saturated rings. The Morgan fingerprint density at radius 1 is 1.32 bits per heavy atom. The van der Waals surface area contributed by atoms with Crippen LogP contribution in [0.25, 0.3) is 0 Å². The van der Waals surface area contributed by atoms with E-state index in [4.69, 9.17) is 4.42 Å². The minimum Gasteiger partial charge on any atom is -0.472 e. The van der Waals surface area contributed by atoms with E-state index >= 15 is 0 Å². The molecule has 0 spiro atoms. The van der Waals surface area contributed by atoms with Gasteiger partial charge in [-0.05, 0) is 24.1 Å². The van der Waals surface area contributed by atoms with E-state index in [1.165, 1.54) is 18.1 Å². The fourth-order valence-corrected chi connectivity index (χ4v) is 2.28. The zero-order valence-corrected chi connectivity index (χ0v) is 12.3. The highest BCUT2D eigenvalue weighted by Crippen LogP contribution is 2.09. The van der Waals surface area contributed by atoms with Crippen LogP contribution in [0.2, 0.25) is 0 Å². The molecule has 0 radical (unpaired) electrons. The van der Waals surface area contributed by atoms with Crippen molar-refractivity contribution in [2.75, 3.05) is 0 Å². The molecule has 1 amide bonds. The Morgan fingerprint density at radius 3 is 2.91 bits per heavy atom. The minimum absolute atomic E-state index is 0.135. The Bertz CT molecular complexity index is 760. The van der Waals surface area contributed by atoms with Gasteiger partial charge in [-0.3, -0.25) is 4.79 Å². The highest BCUT2D eigenvalue weighted by molar-refractivity contribution is 5.93. The monoisotopic (exact) mass is 295 g/mol. The van der Waals surface area contributed by atoms with E-state index < -0.39 is 0 Å². The van der Waals surface area contributed by atoms with Gasteiger partial charge in [-0.25, -0.2) is 4.98 Å². The summed E-state index contributed by atoms with van der Waals surface area (Å²) in [6, 6.07) is 9.81. The maximum Gasteiger partial charge on any atom is 0.254 e. The fourth-order valence-electron chi connectivity index (χ4n) is 2.28. The van der Waals surface area contributed by atoms with Crippen LogP contribution in [0.15, 0.2) is 59.7 Å². The molecule has 3 aromatic rings. The zero-order chi connectivity index (χ0) is 15.4. The van der Waals surface area contributed by atoms with Gasteiger partial charge in [-0.15, -0.1) is 0 Å². The van der Waals surface area contributed by atoms with Crippen LogP contribution in [0.4, 0.5) is 0 Å². The highest BCUT2D eigenvalue weighted by Gasteiger charge is 2.06. The number of hydrogen-bond acceptors (Lipinski definition) is 3. The first kappa shape index (κ1) is 14.1. The summed E-state index contributed by atoms with van der Waals surface area (Å²) in [5, 5.41) is 2.88. The molecule has 2 heterocycles. The lowest BCUT2D eigenvalue weighted by molar-refractivity contribution is 0.0950. The molecular weight excluding hydrogens is 278 g/mol. The van der Waals surface area contributed by atoms with Crippen LogP contribution in [0, 0.1) is 6.92 Å². The number of furan rings is 1. The third-order valence-electron chi connectivity index (χ3n) is 3.50. The van der Waals surface area contributed by atoms with Gasteiger partial charge in [0.2, 0.25) is 0 Å². The SMILES string of the molecule is Cc1nccn1Cc1cccc(CNC(=O)c2ccoc2)c1. The topological polar surface area (TPSA) is 60.1 Å². The molecule has 0 unspecified atom stereocenters. The number of amides is 1. The van der Waals surface area contributed by atoms with Gasteiger partial charge in [0.1, 0.15) is 12.1 Å². The first-order valence-electron chi connectivity index (χ1n) is 7.08. The maximum atomic E-state index is 11.9. The fraction of sp³-hybridized carbons (Fsp3) is 0.176. The van der Waals surface area contributed by atoms with Crippen molar-refractivity contribution in [1.29, 1.82) is 0 Å². The second-order valence-corrected chi connectivity index (χ2v) is 5.12. The number of carbonyl (C=O) groups excluding carboxylic acids is 1. The van der Waals surface area contributed by atoms with Gasteiger partial charge in [-0.1, -0.05) is 24.3 Å². The predicted octanol–water partition coefficient (Wildman–Crippen LogP) is 2.76. The molecule has 0 aliphatic heterocycles. The molecule has 0 aliphatic carbocycles. The molecule has 1 aromatic carbocycles. The number of benzene rings is 1. The molecule has 0 atom stereocenters. The number of aryl methyl sites for hydroxylation is 1. The molecule has 5 heteroatoms. The van der Waals surface area contributed by atoms with Crippen LogP contribution in [0.3, 0.4) is 0 Å². The zero-order valence-electron chi connectivity index (χ0n) is 12.3. The Hall–Kier alpha value is -2.82. The molecule has 112 valence electrons. The molecule has 0 bridgehead atoms. The summed E-state index contributed by atoms with van der Waals surface area (Å²) in [5.74, 6) is 0.850. The summed E-state index contributed by atoms with van der Waals surface area (Å²) in [4.78, 5) is 16.1. The van der Waals surface area contributed by atoms with Crippen LogP contribution in [0.5, 0.6) is 0 Å². The quantitative estimate of drug-likeness (QED) is 0.787. The van der Waals surface area contributed by atoms with E-state index in [9.17, 15) is 4.79 Å². The van der Waals surface area contributed by atoms with Gasteiger partial charge in [0.05, 0.1) is 11.8 Å². The molecule has 5 nitrogen and oxygen atoms in total. The van der Waals surface area contributed by atoms with Crippen molar-refractivity contribution >= 4 is 5.91 Å². The molecule has 0 saturated heterocycles. The first-order valence-corrected chi connectivity index (χ1v) is 7.08. The van der Waals surface area contributed by atoms with Crippen LogP contribution in [0.1, 0.15) is 27.3 Å². The van der Waals surface area contributed by atoms with E-state index in [0.717, 1.165) is 17.9 Å². The lowest BCUT2D eigenvalue weighted by Gasteiger charge is -2.08. The number of hydrogen-bond donors (Lipinski definition) is 1. The maximum absolute atomic E-state index is 11.9. The summed E-state index contributed by atoms with van der Waals surface area (Å²) in [7, 11) is 0. The van der Waals surface area contributed by atoms with Crippen molar-refractivity contribution in [2.24, 2.45) is 0 Å². The summed E-state index contributed by atoms with van der Waals surface area (Å²) < 4.78 is 6.99. The van der Waals surface area contributed by atoms with E-state index in [2.05, 4.69) is 27.0 Å². The van der Waals surface area contributed by atoms with E-state index in [0.29, 0.717) is 12.1 Å². The largest absolute Gasteiger partial charge is 0.472 e. The second kappa shape index (κ2) is 6.30. The Balaban J connectivity index is 1.64. The van der Waals surface area contributed by atoms with Crippen molar-refractivity contribution < 1.29 is 9.21 Å². The lowest BCUT2D eigenvalue weighted by Crippen LogP contribution is -2.22. The van der Waals surface area contributed by atoms with Crippen LogP contribution in [-0.2, 0) is 13.1 Å². The first-order chi connectivity index (χ1) is 10.7. The Labute approximate surface area is 128 Å². The Morgan fingerprint density at radius 2 is 2.18 bits per heavy atom. The summed E-state index contributed by atoms with van der Waals surface area (Å²) in [6.45, 7) is 3.24. The molecule has 1 N–H and O–H groups in total. The summed E-state index contributed by atoms with van der Waals surface area (Å²) >= 11 is 0. The smallest absolute Gasteiger partial charge is 0.254 e. The highest BCUT2D eigenvalue weighted by atomic mass is 16.3. The standard InChI is InChI=1S/C17H17N3O2/c1-13-18-6-7-20(13)11-15-4-2-3-14(9-15)10-19-17(21)16-5-8-22-12-16/h2-9,12H,10-11H2,1H3,(H,19,21). The summed E-state index contributed by atoms with van der Waals surface area (Å²) in [5.41, 5.74) is 2.77. The number of aromatic nitrogens is 2. The number of nitrogens with zero attached hydrogens (tertiary/aromatic N) is 2. The number of rotatable bonds is 5.